The van der Waals surface area contributed by atoms with E-state index in [1.54, 1.807) is 35.3 Å². The molecule has 0 aliphatic rings. The summed E-state index contributed by atoms with van der Waals surface area (Å²) in [6.45, 7) is -0.205. The van der Waals surface area contributed by atoms with E-state index in [1.165, 1.54) is 23.8 Å². The van der Waals surface area contributed by atoms with Crippen molar-refractivity contribution in [2.45, 2.75) is 20.1 Å². The van der Waals surface area contributed by atoms with Gasteiger partial charge in [-0.1, -0.05) is 36.4 Å². The minimum atomic E-state index is -2.86. The van der Waals surface area contributed by atoms with Crippen LogP contribution in [0.15, 0.2) is 67.0 Å². The van der Waals surface area contributed by atoms with Crippen LogP contribution in [0.3, 0.4) is 0 Å². The molecular weight excluding hydrogens is 364 g/mol. The number of benzene rings is 2. The molecule has 0 aliphatic carbocycles. The summed E-state index contributed by atoms with van der Waals surface area (Å²) in [6, 6.07) is 14.0. The van der Waals surface area contributed by atoms with Crippen molar-refractivity contribution in [3.05, 3.63) is 83.7 Å². The minimum Gasteiger partial charge on any atom is -0.435 e. The Balaban J connectivity index is 1.55. The molecule has 1 amide bonds. The van der Waals surface area contributed by atoms with Crippen molar-refractivity contribution in [1.29, 1.82) is 0 Å². The number of aryl methyl sites for hydroxylation is 1. The number of ether oxygens (including phenoxy) is 1. The lowest BCUT2D eigenvalue weighted by Gasteiger charge is -2.05. The number of aromatic nitrogens is 2. The third kappa shape index (κ3) is 5.51. The summed E-state index contributed by atoms with van der Waals surface area (Å²) in [7, 11) is 0. The molecule has 0 spiro atoms. The number of nitrogens with one attached hydrogen (secondary N) is 1. The van der Waals surface area contributed by atoms with Gasteiger partial charge >= 0.3 is 6.61 Å². The van der Waals surface area contributed by atoms with Gasteiger partial charge < -0.3 is 10.1 Å². The van der Waals surface area contributed by atoms with Crippen LogP contribution in [0.5, 0.6) is 5.75 Å². The molecule has 0 unspecified atom stereocenters. The van der Waals surface area contributed by atoms with Crippen molar-refractivity contribution < 1.29 is 18.3 Å². The van der Waals surface area contributed by atoms with Crippen molar-refractivity contribution in [2.24, 2.45) is 0 Å². The van der Waals surface area contributed by atoms with Gasteiger partial charge in [0, 0.05) is 12.3 Å². The number of rotatable bonds is 7. The van der Waals surface area contributed by atoms with E-state index in [9.17, 15) is 13.6 Å². The standard InChI is InChI=1S/C21H19F2N3O2/c1-15-4-2-3-5-17(15)13-26-14-18(12-24-26)25-20(27)11-8-16-6-9-19(10-7-16)28-21(22)23/h2-12,14,21H,13H2,1H3,(H,25,27)/b11-8-. The fraction of sp³-hybridized carbons (Fsp3) is 0.143. The van der Waals surface area contributed by atoms with E-state index < -0.39 is 6.61 Å². The predicted molar refractivity (Wildman–Crippen MR) is 103 cm³/mol. The van der Waals surface area contributed by atoms with Crippen molar-refractivity contribution in [1.82, 2.24) is 9.78 Å². The van der Waals surface area contributed by atoms with E-state index in [1.807, 2.05) is 31.2 Å². The van der Waals surface area contributed by atoms with E-state index in [-0.39, 0.29) is 11.7 Å². The highest BCUT2D eigenvalue weighted by Gasteiger charge is 2.05. The van der Waals surface area contributed by atoms with Gasteiger partial charge in [0.25, 0.3) is 0 Å². The second kappa shape index (κ2) is 8.94. The Kier molecular flexibility index (Phi) is 6.16. The molecule has 1 heterocycles. The summed E-state index contributed by atoms with van der Waals surface area (Å²) >= 11 is 0. The van der Waals surface area contributed by atoms with Crippen molar-refractivity contribution in [3.8, 4) is 5.75 Å². The van der Waals surface area contributed by atoms with E-state index >= 15 is 0 Å². The summed E-state index contributed by atoms with van der Waals surface area (Å²) in [5, 5.41) is 7.00. The van der Waals surface area contributed by atoms with Gasteiger partial charge in [-0.25, -0.2) is 0 Å². The topological polar surface area (TPSA) is 56.2 Å². The highest BCUT2D eigenvalue weighted by molar-refractivity contribution is 6.01. The quantitative estimate of drug-likeness (QED) is 0.612. The number of carbonyl (C=O) groups is 1. The second-order valence-electron chi connectivity index (χ2n) is 6.12. The number of nitrogens with zero attached hydrogens (tertiary/aromatic N) is 2. The average molecular weight is 383 g/mol. The van der Waals surface area contributed by atoms with Gasteiger partial charge in [0.2, 0.25) is 5.91 Å². The van der Waals surface area contributed by atoms with E-state index in [4.69, 9.17) is 0 Å². The first-order valence-corrected chi connectivity index (χ1v) is 8.60. The zero-order valence-corrected chi connectivity index (χ0v) is 15.2. The van der Waals surface area contributed by atoms with Crippen LogP contribution in [0.4, 0.5) is 14.5 Å². The number of hydrogen-bond donors (Lipinski definition) is 1. The number of halogens is 2. The molecule has 0 saturated heterocycles. The van der Waals surface area contributed by atoms with Crippen LogP contribution in [0, 0.1) is 6.92 Å². The smallest absolute Gasteiger partial charge is 0.387 e. The van der Waals surface area contributed by atoms with Crippen LogP contribution in [0.25, 0.3) is 6.08 Å². The second-order valence-corrected chi connectivity index (χ2v) is 6.12. The fourth-order valence-corrected chi connectivity index (χ4v) is 2.59. The molecule has 3 aromatic rings. The SMILES string of the molecule is Cc1ccccc1Cn1cc(NC(=O)/C=C\c2ccc(OC(F)F)cc2)cn1. The molecule has 7 heteroatoms. The molecule has 0 saturated carbocycles. The summed E-state index contributed by atoms with van der Waals surface area (Å²) in [4.78, 5) is 12.1. The van der Waals surface area contributed by atoms with Crippen LogP contribution < -0.4 is 10.1 Å². The zero-order valence-electron chi connectivity index (χ0n) is 15.2. The molecule has 2 aromatic carbocycles. The lowest BCUT2D eigenvalue weighted by Crippen LogP contribution is -2.07. The van der Waals surface area contributed by atoms with E-state index in [0.29, 0.717) is 17.8 Å². The number of hydrogen-bond acceptors (Lipinski definition) is 3. The maximum absolute atomic E-state index is 12.1. The number of anilines is 1. The van der Waals surface area contributed by atoms with Crippen molar-refractivity contribution in [3.63, 3.8) is 0 Å². The van der Waals surface area contributed by atoms with Crippen LogP contribution >= 0.6 is 0 Å². The molecule has 3 rings (SSSR count). The summed E-state index contributed by atoms with van der Waals surface area (Å²) < 4.78 is 30.3. The largest absolute Gasteiger partial charge is 0.435 e. The Labute approximate surface area is 161 Å². The van der Waals surface area contributed by atoms with E-state index in [0.717, 1.165) is 5.56 Å². The van der Waals surface area contributed by atoms with Crippen LogP contribution in [0.1, 0.15) is 16.7 Å². The lowest BCUT2D eigenvalue weighted by atomic mass is 10.1. The third-order valence-electron chi connectivity index (χ3n) is 4.03. The Morgan fingerprint density at radius 3 is 2.68 bits per heavy atom. The predicted octanol–water partition coefficient (Wildman–Crippen LogP) is 4.49. The monoisotopic (exact) mass is 383 g/mol. The number of carbonyl (C=O) groups excluding carboxylic acids is 1. The van der Waals surface area contributed by atoms with Crippen LogP contribution in [0.2, 0.25) is 0 Å². The van der Waals surface area contributed by atoms with Crippen molar-refractivity contribution >= 4 is 17.7 Å². The molecule has 1 N–H and O–H groups in total. The Morgan fingerprint density at radius 2 is 1.96 bits per heavy atom. The average Bonchev–Trinajstić information content (AvgIpc) is 3.09. The molecule has 5 nitrogen and oxygen atoms in total. The van der Waals surface area contributed by atoms with Crippen LogP contribution in [-0.2, 0) is 11.3 Å². The highest BCUT2D eigenvalue weighted by atomic mass is 19.3. The van der Waals surface area contributed by atoms with Gasteiger partial charge in [-0.05, 0) is 41.8 Å². The molecule has 0 radical (unpaired) electrons. The van der Waals surface area contributed by atoms with Gasteiger partial charge in [-0.2, -0.15) is 13.9 Å². The third-order valence-corrected chi connectivity index (χ3v) is 4.03. The van der Waals surface area contributed by atoms with Gasteiger partial charge in [0.1, 0.15) is 5.75 Å². The Morgan fingerprint density at radius 1 is 1.21 bits per heavy atom. The first kappa shape index (κ1) is 19.3. The molecule has 28 heavy (non-hydrogen) atoms. The number of amides is 1. The molecule has 0 atom stereocenters. The molecular formula is C21H19F2N3O2. The van der Waals surface area contributed by atoms with Gasteiger partial charge in [-0.3, -0.25) is 9.48 Å². The minimum absolute atomic E-state index is 0.0673. The molecule has 144 valence electrons. The summed E-state index contributed by atoms with van der Waals surface area (Å²) in [6.07, 6.45) is 6.29. The summed E-state index contributed by atoms with van der Waals surface area (Å²) in [5.41, 5.74) is 3.61. The van der Waals surface area contributed by atoms with Crippen molar-refractivity contribution in [2.75, 3.05) is 5.32 Å². The number of alkyl halides is 2. The van der Waals surface area contributed by atoms with Gasteiger partial charge in [-0.15, -0.1) is 0 Å². The van der Waals surface area contributed by atoms with Crippen LogP contribution in [-0.4, -0.2) is 22.3 Å². The van der Waals surface area contributed by atoms with Gasteiger partial charge in [0.15, 0.2) is 0 Å². The highest BCUT2D eigenvalue weighted by Crippen LogP contribution is 2.16. The molecule has 0 bridgehead atoms. The first-order valence-electron chi connectivity index (χ1n) is 8.60. The molecule has 0 aliphatic heterocycles. The van der Waals surface area contributed by atoms with E-state index in [2.05, 4.69) is 15.2 Å². The Hall–Kier alpha value is -3.48. The normalized spacial score (nSPS) is 11.1. The zero-order chi connectivity index (χ0) is 19.9. The summed E-state index contributed by atoms with van der Waals surface area (Å²) in [5.74, 6) is -0.249. The Bertz CT molecular complexity index is 966. The molecule has 0 fully saturated rings. The molecule has 1 aromatic heterocycles. The first-order chi connectivity index (χ1) is 13.5. The van der Waals surface area contributed by atoms with Gasteiger partial charge in [0.05, 0.1) is 18.4 Å². The maximum atomic E-state index is 12.1. The fourth-order valence-electron chi connectivity index (χ4n) is 2.59. The lowest BCUT2D eigenvalue weighted by molar-refractivity contribution is -0.111. The maximum Gasteiger partial charge on any atom is 0.387 e.